The van der Waals surface area contributed by atoms with Crippen molar-refractivity contribution in [1.82, 2.24) is 4.98 Å². The minimum atomic E-state index is 0.200. The van der Waals surface area contributed by atoms with Gasteiger partial charge in [0.15, 0.2) is 0 Å². The summed E-state index contributed by atoms with van der Waals surface area (Å²) in [4.78, 5) is 6.85. The first kappa shape index (κ1) is 14.5. The number of halogens is 1. The molecule has 0 spiro atoms. The van der Waals surface area contributed by atoms with E-state index < -0.39 is 0 Å². The van der Waals surface area contributed by atoms with Gasteiger partial charge in [-0.15, -0.1) is 11.6 Å². The van der Waals surface area contributed by atoms with Gasteiger partial charge in [0.25, 0.3) is 0 Å². The summed E-state index contributed by atoms with van der Waals surface area (Å²) in [7, 11) is 3.81. The topological polar surface area (TPSA) is 25.4 Å². The second kappa shape index (κ2) is 6.10. The number of ether oxygens (including phenoxy) is 1. The number of hydrogen-bond donors (Lipinski definition) is 0. The molecular formula is C17H21ClN2O. The maximum atomic E-state index is 6.54. The molecule has 0 radical (unpaired) electrons. The second-order valence-electron chi connectivity index (χ2n) is 5.67. The number of pyridine rings is 1. The maximum Gasteiger partial charge on any atom is 0.136 e. The fourth-order valence-electron chi connectivity index (χ4n) is 3.28. The van der Waals surface area contributed by atoms with E-state index in [9.17, 15) is 0 Å². The van der Waals surface area contributed by atoms with Gasteiger partial charge in [0.05, 0.1) is 12.5 Å². The smallest absolute Gasteiger partial charge is 0.136 e. The molecule has 3 rings (SSSR count). The largest absolute Gasteiger partial charge is 0.496 e. The van der Waals surface area contributed by atoms with Crippen LogP contribution in [0.5, 0.6) is 5.75 Å². The molecule has 4 heteroatoms. The van der Waals surface area contributed by atoms with Crippen LogP contribution >= 0.6 is 11.6 Å². The van der Waals surface area contributed by atoms with Crippen LogP contribution < -0.4 is 9.64 Å². The number of fused-ring (bicyclic) bond motifs is 1. The van der Waals surface area contributed by atoms with Crippen molar-refractivity contribution in [1.29, 1.82) is 0 Å². The van der Waals surface area contributed by atoms with Crippen LogP contribution in [0.15, 0.2) is 30.5 Å². The number of rotatable bonds is 3. The molecule has 1 aromatic heterocycles. The fraction of sp³-hybridized carbons (Fsp3) is 0.471. The van der Waals surface area contributed by atoms with E-state index in [0.29, 0.717) is 6.04 Å². The molecule has 1 heterocycles. The van der Waals surface area contributed by atoms with Crippen LogP contribution in [-0.4, -0.2) is 30.6 Å². The summed E-state index contributed by atoms with van der Waals surface area (Å²) in [6.07, 6.45) is 6.54. The van der Waals surface area contributed by atoms with Crippen LogP contribution in [0.2, 0.25) is 0 Å². The summed E-state index contributed by atoms with van der Waals surface area (Å²) < 4.78 is 5.46. The second-order valence-corrected chi connectivity index (χ2v) is 6.23. The Morgan fingerprint density at radius 2 is 2.00 bits per heavy atom. The van der Waals surface area contributed by atoms with E-state index in [2.05, 4.69) is 23.0 Å². The molecule has 0 saturated heterocycles. The highest BCUT2D eigenvalue weighted by Gasteiger charge is 2.28. The third kappa shape index (κ3) is 2.67. The van der Waals surface area contributed by atoms with Crippen LogP contribution in [0.1, 0.15) is 25.7 Å². The molecular weight excluding hydrogens is 284 g/mol. The van der Waals surface area contributed by atoms with Crippen molar-refractivity contribution in [3.8, 4) is 5.75 Å². The quantitative estimate of drug-likeness (QED) is 0.794. The Morgan fingerprint density at radius 3 is 2.76 bits per heavy atom. The lowest BCUT2D eigenvalue weighted by molar-refractivity contribution is 0.419. The van der Waals surface area contributed by atoms with Crippen molar-refractivity contribution in [3.05, 3.63) is 30.5 Å². The molecule has 1 aromatic carbocycles. The first-order valence-corrected chi connectivity index (χ1v) is 7.94. The molecule has 1 aliphatic carbocycles. The molecule has 3 nitrogen and oxygen atoms in total. The van der Waals surface area contributed by atoms with Gasteiger partial charge in [-0.2, -0.15) is 0 Å². The van der Waals surface area contributed by atoms with Gasteiger partial charge in [0.2, 0.25) is 0 Å². The fourth-order valence-corrected chi connectivity index (χ4v) is 3.73. The Kier molecular flexibility index (Phi) is 4.20. The third-order valence-corrected chi connectivity index (χ3v) is 4.95. The first-order chi connectivity index (χ1) is 10.2. The number of anilines is 1. The molecule has 0 bridgehead atoms. The van der Waals surface area contributed by atoms with E-state index in [-0.39, 0.29) is 5.38 Å². The number of benzene rings is 1. The summed E-state index contributed by atoms with van der Waals surface area (Å²) in [5.74, 6) is 1.87. The van der Waals surface area contributed by atoms with Gasteiger partial charge < -0.3 is 9.64 Å². The number of alkyl halides is 1. The molecule has 0 aliphatic heterocycles. The van der Waals surface area contributed by atoms with Crippen molar-refractivity contribution in [2.24, 2.45) is 0 Å². The van der Waals surface area contributed by atoms with Gasteiger partial charge in [0.1, 0.15) is 11.6 Å². The minimum absolute atomic E-state index is 0.200. The Morgan fingerprint density at radius 1 is 1.19 bits per heavy atom. The van der Waals surface area contributed by atoms with Gasteiger partial charge in [-0.1, -0.05) is 25.0 Å². The van der Waals surface area contributed by atoms with Crippen LogP contribution in [0.4, 0.5) is 5.82 Å². The Balaban J connectivity index is 2.03. The SMILES string of the molecule is COc1cccc2c(N(C)C3CCCCC3Cl)nccc12. The molecule has 1 fully saturated rings. The van der Waals surface area contributed by atoms with Crippen LogP contribution in [0.3, 0.4) is 0 Å². The zero-order chi connectivity index (χ0) is 14.8. The van der Waals surface area contributed by atoms with Crippen molar-refractivity contribution in [3.63, 3.8) is 0 Å². The molecule has 0 amide bonds. The van der Waals surface area contributed by atoms with Gasteiger partial charge >= 0.3 is 0 Å². The summed E-state index contributed by atoms with van der Waals surface area (Å²) in [6, 6.07) is 8.45. The Labute approximate surface area is 130 Å². The Hall–Kier alpha value is -1.48. The average molecular weight is 305 g/mol. The van der Waals surface area contributed by atoms with Gasteiger partial charge in [0, 0.05) is 30.1 Å². The number of nitrogens with zero attached hydrogens (tertiary/aromatic N) is 2. The molecule has 0 N–H and O–H groups in total. The normalized spacial score (nSPS) is 22.2. The van der Waals surface area contributed by atoms with E-state index in [1.54, 1.807) is 7.11 Å². The highest BCUT2D eigenvalue weighted by molar-refractivity contribution is 6.21. The van der Waals surface area contributed by atoms with Gasteiger partial charge in [-0.05, 0) is 25.0 Å². The average Bonchev–Trinajstić information content (AvgIpc) is 2.53. The van der Waals surface area contributed by atoms with E-state index in [4.69, 9.17) is 16.3 Å². The lowest BCUT2D eigenvalue weighted by Gasteiger charge is -2.36. The highest BCUT2D eigenvalue weighted by Crippen LogP contribution is 2.34. The Bertz CT molecular complexity index is 631. The number of aromatic nitrogens is 1. The monoisotopic (exact) mass is 304 g/mol. The van der Waals surface area contributed by atoms with E-state index in [1.807, 2.05) is 24.4 Å². The summed E-state index contributed by atoms with van der Waals surface area (Å²) in [5.41, 5.74) is 0. The lowest BCUT2D eigenvalue weighted by atomic mass is 9.93. The number of methoxy groups -OCH3 is 1. The molecule has 1 aliphatic rings. The molecule has 1 saturated carbocycles. The third-order valence-electron chi connectivity index (χ3n) is 4.44. The standard InChI is InChI=1S/C17H21ClN2O/c1-20(15-8-4-3-7-14(15)18)17-13-6-5-9-16(21-2)12(13)10-11-19-17/h5-6,9-11,14-15H,3-4,7-8H2,1-2H3. The predicted octanol–water partition coefficient (Wildman–Crippen LogP) is 4.23. The zero-order valence-corrected chi connectivity index (χ0v) is 13.3. The number of hydrogen-bond acceptors (Lipinski definition) is 3. The summed E-state index contributed by atoms with van der Waals surface area (Å²) in [5, 5.41) is 2.42. The van der Waals surface area contributed by atoms with E-state index in [0.717, 1.165) is 35.2 Å². The molecule has 21 heavy (non-hydrogen) atoms. The molecule has 2 aromatic rings. The van der Waals surface area contributed by atoms with E-state index in [1.165, 1.54) is 12.8 Å². The molecule has 2 unspecified atom stereocenters. The zero-order valence-electron chi connectivity index (χ0n) is 12.6. The van der Waals surface area contributed by atoms with Gasteiger partial charge in [-0.25, -0.2) is 4.98 Å². The van der Waals surface area contributed by atoms with Crippen LogP contribution in [0.25, 0.3) is 10.8 Å². The molecule has 112 valence electrons. The summed E-state index contributed by atoms with van der Waals surface area (Å²) in [6.45, 7) is 0. The first-order valence-electron chi connectivity index (χ1n) is 7.51. The minimum Gasteiger partial charge on any atom is -0.496 e. The van der Waals surface area contributed by atoms with Gasteiger partial charge in [-0.3, -0.25) is 0 Å². The van der Waals surface area contributed by atoms with Crippen molar-refractivity contribution >= 4 is 28.2 Å². The van der Waals surface area contributed by atoms with Crippen LogP contribution in [-0.2, 0) is 0 Å². The van der Waals surface area contributed by atoms with Crippen molar-refractivity contribution in [2.75, 3.05) is 19.1 Å². The lowest BCUT2D eigenvalue weighted by Crippen LogP contribution is -2.41. The predicted molar refractivity (Wildman–Crippen MR) is 88.6 cm³/mol. The van der Waals surface area contributed by atoms with Crippen molar-refractivity contribution < 1.29 is 4.74 Å². The maximum absolute atomic E-state index is 6.54. The summed E-state index contributed by atoms with van der Waals surface area (Å²) >= 11 is 6.54. The van der Waals surface area contributed by atoms with Crippen molar-refractivity contribution in [2.45, 2.75) is 37.1 Å². The van der Waals surface area contributed by atoms with Crippen LogP contribution in [0, 0.1) is 0 Å². The molecule has 2 atom stereocenters. The van der Waals surface area contributed by atoms with E-state index >= 15 is 0 Å². The highest BCUT2D eigenvalue weighted by atomic mass is 35.5.